The van der Waals surface area contributed by atoms with Gasteiger partial charge in [0.25, 0.3) is 0 Å². The van der Waals surface area contributed by atoms with Crippen LogP contribution < -0.4 is 9.47 Å². The van der Waals surface area contributed by atoms with Gasteiger partial charge in [-0.3, -0.25) is 0 Å². The number of ether oxygens (including phenoxy) is 2. The molecular formula is C17H15ClN2O4. The molecule has 1 aromatic heterocycles. The fraction of sp³-hybridized carbons (Fsp3) is 0.235. The van der Waals surface area contributed by atoms with E-state index in [0.717, 1.165) is 0 Å². The summed E-state index contributed by atoms with van der Waals surface area (Å²) in [5.74, 6) is 0.0614. The van der Waals surface area contributed by atoms with Gasteiger partial charge in [0.05, 0.1) is 23.9 Å². The fourth-order valence-electron chi connectivity index (χ4n) is 1.78. The van der Waals surface area contributed by atoms with Crippen LogP contribution in [0.25, 0.3) is 0 Å². The molecule has 0 aliphatic rings. The highest BCUT2D eigenvalue weighted by molar-refractivity contribution is 6.31. The molecule has 0 saturated heterocycles. The molecule has 0 aliphatic carbocycles. The molecule has 0 spiro atoms. The summed E-state index contributed by atoms with van der Waals surface area (Å²) >= 11 is 6.11. The Bertz CT molecular complexity index is 800. The maximum absolute atomic E-state index is 10.9. The Morgan fingerprint density at radius 3 is 2.75 bits per heavy atom. The van der Waals surface area contributed by atoms with Crippen LogP contribution in [0.2, 0.25) is 5.02 Å². The monoisotopic (exact) mass is 346 g/mol. The second-order valence-corrected chi connectivity index (χ2v) is 5.80. The Kier molecular flexibility index (Phi) is 5.61. The highest BCUT2D eigenvalue weighted by Gasteiger charge is 2.12. The molecule has 1 aromatic carbocycles. The Balaban J connectivity index is 2.21. The Morgan fingerprint density at radius 2 is 2.17 bits per heavy atom. The molecule has 0 bridgehead atoms. The molecule has 1 heterocycles. The molecule has 2 aromatic rings. The highest BCUT2D eigenvalue weighted by Crippen LogP contribution is 2.31. The van der Waals surface area contributed by atoms with Crippen molar-refractivity contribution in [2.45, 2.75) is 13.8 Å². The number of hydrogen-bond donors (Lipinski definition) is 1. The smallest absolute Gasteiger partial charge is 0.335 e. The molecule has 0 radical (unpaired) electrons. The molecule has 7 heteroatoms. The lowest BCUT2D eigenvalue weighted by molar-refractivity contribution is 0.0697. The summed E-state index contributed by atoms with van der Waals surface area (Å²) in [4.78, 5) is 15.0. The van der Waals surface area contributed by atoms with Gasteiger partial charge < -0.3 is 14.6 Å². The minimum atomic E-state index is -1.12. The number of aromatic carboxylic acids is 1. The number of nitrogens with zero attached hydrogens (tertiary/aromatic N) is 2. The first-order valence-corrected chi connectivity index (χ1v) is 7.52. The van der Waals surface area contributed by atoms with Gasteiger partial charge in [0, 0.05) is 6.07 Å². The predicted octanol–water partition coefficient (Wildman–Crippen LogP) is 4.13. The molecular weight excluding hydrogens is 332 g/mol. The number of rotatable bonds is 6. The van der Waals surface area contributed by atoms with E-state index in [1.54, 1.807) is 0 Å². The van der Waals surface area contributed by atoms with Crippen molar-refractivity contribution in [1.82, 2.24) is 4.98 Å². The van der Waals surface area contributed by atoms with Crippen LogP contribution >= 0.6 is 11.6 Å². The first-order chi connectivity index (χ1) is 11.4. The number of carboxylic acids is 1. The fourth-order valence-corrected chi connectivity index (χ4v) is 1.99. The standard InChI is InChI=1S/C17H15ClN2O4/c1-10(2)9-23-16-14(18)6-13(8-20-16)24-15-4-3-11(17(21)22)5-12(15)7-19/h3-6,8,10H,9H2,1-2H3,(H,21,22). The van der Waals surface area contributed by atoms with Crippen LogP contribution in [0.4, 0.5) is 0 Å². The van der Waals surface area contributed by atoms with Crippen molar-refractivity contribution >= 4 is 17.6 Å². The van der Waals surface area contributed by atoms with Crippen molar-refractivity contribution < 1.29 is 19.4 Å². The van der Waals surface area contributed by atoms with Crippen LogP contribution in [0.5, 0.6) is 17.4 Å². The van der Waals surface area contributed by atoms with E-state index in [4.69, 9.17) is 31.4 Å². The Hall–Kier alpha value is -2.78. The van der Waals surface area contributed by atoms with Crippen molar-refractivity contribution in [2.24, 2.45) is 5.92 Å². The van der Waals surface area contributed by atoms with Gasteiger partial charge in [0.1, 0.15) is 22.6 Å². The van der Waals surface area contributed by atoms with Crippen molar-refractivity contribution in [3.63, 3.8) is 0 Å². The zero-order chi connectivity index (χ0) is 17.7. The van der Waals surface area contributed by atoms with E-state index >= 15 is 0 Å². The second kappa shape index (κ2) is 7.66. The third-order valence-electron chi connectivity index (χ3n) is 2.91. The number of carbonyl (C=O) groups is 1. The topological polar surface area (TPSA) is 92.4 Å². The van der Waals surface area contributed by atoms with Crippen LogP contribution in [0.15, 0.2) is 30.5 Å². The van der Waals surface area contributed by atoms with E-state index in [-0.39, 0.29) is 21.9 Å². The van der Waals surface area contributed by atoms with Gasteiger partial charge in [0.2, 0.25) is 5.88 Å². The lowest BCUT2D eigenvalue weighted by Gasteiger charge is -2.11. The number of halogens is 1. The lowest BCUT2D eigenvalue weighted by atomic mass is 10.1. The second-order valence-electron chi connectivity index (χ2n) is 5.39. The van der Waals surface area contributed by atoms with Gasteiger partial charge in [-0.25, -0.2) is 9.78 Å². The maximum atomic E-state index is 10.9. The lowest BCUT2D eigenvalue weighted by Crippen LogP contribution is -2.06. The largest absolute Gasteiger partial charge is 0.478 e. The van der Waals surface area contributed by atoms with Crippen molar-refractivity contribution in [1.29, 1.82) is 5.26 Å². The summed E-state index contributed by atoms with van der Waals surface area (Å²) in [5.41, 5.74) is 0.110. The zero-order valence-electron chi connectivity index (χ0n) is 13.1. The average Bonchev–Trinajstić information content (AvgIpc) is 2.54. The molecule has 2 rings (SSSR count). The quantitative estimate of drug-likeness (QED) is 0.845. The normalized spacial score (nSPS) is 10.3. The van der Waals surface area contributed by atoms with Crippen molar-refractivity contribution in [2.75, 3.05) is 6.61 Å². The summed E-state index contributed by atoms with van der Waals surface area (Å²) in [6, 6.07) is 7.44. The van der Waals surface area contributed by atoms with Crippen molar-refractivity contribution in [3.8, 4) is 23.4 Å². The van der Waals surface area contributed by atoms with Crippen LogP contribution in [0.3, 0.4) is 0 Å². The van der Waals surface area contributed by atoms with Crippen LogP contribution in [-0.2, 0) is 0 Å². The van der Waals surface area contributed by atoms with Crippen LogP contribution in [0, 0.1) is 17.2 Å². The molecule has 0 unspecified atom stereocenters. The van der Waals surface area contributed by atoms with E-state index < -0.39 is 5.97 Å². The van der Waals surface area contributed by atoms with Crippen LogP contribution in [0.1, 0.15) is 29.8 Å². The van der Waals surface area contributed by atoms with Gasteiger partial charge in [-0.15, -0.1) is 0 Å². The SMILES string of the molecule is CC(C)COc1ncc(Oc2ccc(C(=O)O)cc2C#N)cc1Cl. The van der Waals surface area contributed by atoms with Gasteiger partial charge in [-0.2, -0.15) is 5.26 Å². The highest BCUT2D eigenvalue weighted by atomic mass is 35.5. The van der Waals surface area contributed by atoms with Gasteiger partial charge in [-0.1, -0.05) is 25.4 Å². The molecule has 0 amide bonds. The third-order valence-corrected chi connectivity index (χ3v) is 3.18. The molecule has 0 saturated carbocycles. The molecule has 24 heavy (non-hydrogen) atoms. The van der Waals surface area contributed by atoms with Crippen molar-refractivity contribution in [3.05, 3.63) is 46.6 Å². The molecule has 0 aliphatic heterocycles. The van der Waals surface area contributed by atoms with E-state index in [1.807, 2.05) is 19.9 Å². The maximum Gasteiger partial charge on any atom is 0.335 e. The van der Waals surface area contributed by atoms with Crippen LogP contribution in [-0.4, -0.2) is 22.7 Å². The minimum Gasteiger partial charge on any atom is -0.478 e. The average molecular weight is 347 g/mol. The summed E-state index contributed by atoms with van der Waals surface area (Å²) in [5, 5.41) is 18.4. The summed E-state index contributed by atoms with van der Waals surface area (Å²) in [6.07, 6.45) is 1.42. The molecule has 124 valence electrons. The zero-order valence-corrected chi connectivity index (χ0v) is 13.9. The minimum absolute atomic E-state index is 0.00694. The first-order valence-electron chi connectivity index (χ1n) is 7.14. The molecule has 1 N–H and O–H groups in total. The summed E-state index contributed by atoms with van der Waals surface area (Å²) < 4.78 is 11.1. The number of benzene rings is 1. The Labute approximate surface area is 144 Å². The van der Waals surface area contributed by atoms with Gasteiger partial charge in [0.15, 0.2) is 0 Å². The number of carboxylic acid groups (broad SMARTS) is 1. The van der Waals surface area contributed by atoms with E-state index in [0.29, 0.717) is 24.2 Å². The van der Waals surface area contributed by atoms with E-state index in [2.05, 4.69) is 4.98 Å². The molecule has 0 fully saturated rings. The number of aromatic nitrogens is 1. The summed E-state index contributed by atoms with van der Waals surface area (Å²) in [7, 11) is 0. The third kappa shape index (κ3) is 4.37. The first kappa shape index (κ1) is 17.6. The number of hydrogen-bond acceptors (Lipinski definition) is 5. The Morgan fingerprint density at radius 1 is 1.42 bits per heavy atom. The molecule has 0 atom stereocenters. The molecule has 6 nitrogen and oxygen atoms in total. The van der Waals surface area contributed by atoms with E-state index in [1.165, 1.54) is 30.5 Å². The summed E-state index contributed by atoms with van der Waals surface area (Å²) in [6.45, 7) is 4.51. The predicted molar refractivity (Wildman–Crippen MR) is 87.8 cm³/mol. The van der Waals surface area contributed by atoms with E-state index in [9.17, 15) is 4.79 Å². The van der Waals surface area contributed by atoms with Gasteiger partial charge >= 0.3 is 5.97 Å². The number of nitriles is 1. The number of pyridine rings is 1. The van der Waals surface area contributed by atoms with Gasteiger partial charge in [-0.05, 0) is 24.1 Å².